The van der Waals surface area contributed by atoms with Gasteiger partial charge in [0.15, 0.2) is 0 Å². The number of carbonyl (C=O) groups excluding carboxylic acids is 2. The van der Waals surface area contributed by atoms with E-state index in [4.69, 9.17) is 9.15 Å². The molecule has 1 saturated heterocycles. The highest BCUT2D eigenvalue weighted by Gasteiger charge is 2.48. The first-order chi connectivity index (χ1) is 16.7. The number of hydrogen-bond donors (Lipinski definition) is 1. The Morgan fingerprint density at radius 3 is 2.71 bits per heavy atom. The van der Waals surface area contributed by atoms with E-state index in [1.165, 1.54) is 0 Å². The summed E-state index contributed by atoms with van der Waals surface area (Å²) in [5, 5.41) is 1.08. The van der Waals surface area contributed by atoms with Gasteiger partial charge in [0.05, 0.1) is 19.4 Å². The van der Waals surface area contributed by atoms with Crippen LogP contribution in [-0.4, -0.2) is 45.8 Å². The number of carbonyl (C=O) groups is 2. The van der Waals surface area contributed by atoms with E-state index in [2.05, 4.69) is 11.1 Å². The average Bonchev–Trinajstić information content (AvgIpc) is 3.49. The number of ether oxygens (including phenoxy) is 1. The van der Waals surface area contributed by atoms with E-state index in [0.717, 1.165) is 33.5 Å². The predicted molar refractivity (Wildman–Crippen MR) is 126 cm³/mol. The number of H-pyrrole nitrogens is 1. The Bertz CT molecular complexity index is 1370. The summed E-state index contributed by atoms with van der Waals surface area (Å²) in [5.74, 6) is 1.23. The van der Waals surface area contributed by atoms with Crippen LogP contribution in [-0.2, 0) is 22.6 Å². The van der Waals surface area contributed by atoms with Crippen LogP contribution in [0.4, 0.5) is 0 Å². The topological polar surface area (TPSA) is 78.8 Å². The number of fused-ring (bicyclic) bond motifs is 4. The smallest absolute Gasteiger partial charge is 0.246 e. The minimum Gasteiger partial charge on any atom is -0.494 e. The van der Waals surface area contributed by atoms with Gasteiger partial charge in [-0.05, 0) is 36.8 Å². The van der Waals surface area contributed by atoms with Crippen molar-refractivity contribution in [3.8, 4) is 5.75 Å². The van der Waals surface area contributed by atoms with Crippen molar-refractivity contribution in [2.24, 2.45) is 0 Å². The van der Waals surface area contributed by atoms with Crippen LogP contribution >= 0.6 is 0 Å². The molecule has 34 heavy (non-hydrogen) atoms. The maximum atomic E-state index is 13.7. The van der Waals surface area contributed by atoms with Gasteiger partial charge in [-0.25, -0.2) is 0 Å². The summed E-state index contributed by atoms with van der Waals surface area (Å²) in [7, 11) is 0. The van der Waals surface area contributed by atoms with Crippen molar-refractivity contribution in [1.29, 1.82) is 0 Å². The standard InChI is InChI=1S/C27H25N3O4/c1-2-33-23-12-6-4-10-19(23)26-25-20(18-9-3-5-11-21(18)28-25)14-22-27(32)29(16-24(31)30(22)26)15-17-8-7-13-34-17/h3-13,22,26,28H,2,14-16H2,1H3/t22-,26-/m0/s1. The number of nitrogens with zero attached hydrogens (tertiary/aromatic N) is 2. The molecule has 0 aliphatic carbocycles. The third-order valence-electron chi connectivity index (χ3n) is 6.78. The first-order valence-corrected chi connectivity index (χ1v) is 11.6. The van der Waals surface area contributed by atoms with Crippen molar-refractivity contribution in [2.45, 2.75) is 32.0 Å². The Balaban J connectivity index is 1.50. The van der Waals surface area contributed by atoms with E-state index in [0.29, 0.717) is 18.8 Å². The molecule has 0 saturated carbocycles. The number of nitrogens with one attached hydrogen (secondary N) is 1. The van der Waals surface area contributed by atoms with Gasteiger partial charge in [-0.15, -0.1) is 0 Å². The van der Waals surface area contributed by atoms with Gasteiger partial charge in [0, 0.05) is 28.6 Å². The maximum Gasteiger partial charge on any atom is 0.246 e. The van der Waals surface area contributed by atoms with Crippen LogP contribution < -0.4 is 4.74 Å². The average molecular weight is 456 g/mol. The quantitative estimate of drug-likeness (QED) is 0.493. The third kappa shape index (κ3) is 3.19. The lowest BCUT2D eigenvalue weighted by Crippen LogP contribution is -2.62. The Kier molecular flexibility index (Phi) is 4.90. The Hall–Kier alpha value is -4.00. The van der Waals surface area contributed by atoms with Gasteiger partial charge >= 0.3 is 0 Å². The highest BCUT2D eigenvalue weighted by Crippen LogP contribution is 2.45. The molecule has 7 nitrogen and oxygen atoms in total. The molecule has 2 amide bonds. The van der Waals surface area contributed by atoms with Crippen LogP contribution in [0.15, 0.2) is 71.3 Å². The van der Waals surface area contributed by atoms with Gasteiger partial charge in [0.2, 0.25) is 11.8 Å². The summed E-state index contributed by atoms with van der Waals surface area (Å²) in [6.45, 7) is 2.75. The molecule has 2 atom stereocenters. The monoisotopic (exact) mass is 455 g/mol. The summed E-state index contributed by atoms with van der Waals surface area (Å²) >= 11 is 0. The highest BCUT2D eigenvalue weighted by molar-refractivity contribution is 5.97. The fourth-order valence-electron chi connectivity index (χ4n) is 5.37. The zero-order chi connectivity index (χ0) is 23.2. The van der Waals surface area contributed by atoms with E-state index in [1.54, 1.807) is 22.1 Å². The van der Waals surface area contributed by atoms with Crippen molar-refractivity contribution in [3.05, 3.63) is 89.5 Å². The fourth-order valence-corrected chi connectivity index (χ4v) is 5.37. The lowest BCUT2D eigenvalue weighted by atomic mass is 9.86. The van der Waals surface area contributed by atoms with Crippen molar-refractivity contribution in [3.63, 3.8) is 0 Å². The van der Waals surface area contributed by atoms with Crippen molar-refractivity contribution in [1.82, 2.24) is 14.8 Å². The number of rotatable bonds is 5. The highest BCUT2D eigenvalue weighted by atomic mass is 16.5. The molecule has 1 fully saturated rings. The summed E-state index contributed by atoms with van der Waals surface area (Å²) in [5.41, 5.74) is 3.90. The molecule has 172 valence electrons. The number of amides is 2. The summed E-state index contributed by atoms with van der Waals surface area (Å²) in [4.78, 5) is 34.3. The molecular formula is C27H25N3O4. The summed E-state index contributed by atoms with van der Waals surface area (Å²) in [6.07, 6.45) is 2.04. The second kappa shape index (κ2) is 8.09. The van der Waals surface area contributed by atoms with Crippen LogP contribution in [0, 0.1) is 0 Å². The Labute approximate surface area is 196 Å². The number of para-hydroxylation sites is 2. The Morgan fingerprint density at radius 2 is 1.88 bits per heavy atom. The van der Waals surface area contributed by atoms with Gasteiger partial charge in [-0.1, -0.05) is 36.4 Å². The zero-order valence-electron chi connectivity index (χ0n) is 18.9. The summed E-state index contributed by atoms with van der Waals surface area (Å²) < 4.78 is 11.4. The maximum absolute atomic E-state index is 13.7. The van der Waals surface area contributed by atoms with Crippen molar-refractivity contribution >= 4 is 22.7 Å². The normalized spacial score (nSPS) is 19.9. The first kappa shape index (κ1) is 20.6. The molecule has 2 aromatic carbocycles. The lowest BCUT2D eigenvalue weighted by molar-refractivity contribution is -0.159. The first-order valence-electron chi connectivity index (χ1n) is 11.6. The van der Waals surface area contributed by atoms with E-state index in [9.17, 15) is 9.59 Å². The summed E-state index contributed by atoms with van der Waals surface area (Å²) in [6, 6.07) is 18.5. The predicted octanol–water partition coefficient (Wildman–Crippen LogP) is 4.04. The second-order valence-corrected chi connectivity index (χ2v) is 8.73. The van der Waals surface area contributed by atoms with Crippen LogP contribution in [0.1, 0.15) is 35.5 Å². The van der Waals surface area contributed by atoms with Gasteiger partial charge in [-0.2, -0.15) is 0 Å². The molecule has 2 aliphatic heterocycles. The molecule has 0 radical (unpaired) electrons. The largest absolute Gasteiger partial charge is 0.494 e. The number of benzene rings is 2. The van der Waals surface area contributed by atoms with Crippen molar-refractivity contribution < 1.29 is 18.7 Å². The molecule has 1 N–H and O–H groups in total. The van der Waals surface area contributed by atoms with Crippen LogP contribution in [0.2, 0.25) is 0 Å². The van der Waals surface area contributed by atoms with Gasteiger partial charge in [0.25, 0.3) is 0 Å². The van der Waals surface area contributed by atoms with Gasteiger partial charge in [-0.3, -0.25) is 9.59 Å². The minimum absolute atomic E-state index is 0.0128. The van der Waals surface area contributed by atoms with E-state index < -0.39 is 12.1 Å². The number of hydrogen-bond acceptors (Lipinski definition) is 4. The molecule has 6 rings (SSSR count). The molecule has 4 heterocycles. The van der Waals surface area contributed by atoms with Crippen LogP contribution in [0.5, 0.6) is 5.75 Å². The molecule has 4 aromatic rings. The molecule has 2 aliphatic rings. The second-order valence-electron chi connectivity index (χ2n) is 8.73. The molecule has 0 bridgehead atoms. The van der Waals surface area contributed by atoms with E-state index in [1.807, 2.05) is 55.5 Å². The van der Waals surface area contributed by atoms with E-state index >= 15 is 0 Å². The van der Waals surface area contributed by atoms with Gasteiger partial charge < -0.3 is 23.9 Å². The lowest BCUT2D eigenvalue weighted by Gasteiger charge is -2.47. The molecule has 2 aromatic heterocycles. The molecule has 7 heteroatoms. The fraction of sp³-hybridized carbons (Fsp3) is 0.259. The molecule has 0 spiro atoms. The number of aromatic nitrogens is 1. The van der Waals surface area contributed by atoms with E-state index in [-0.39, 0.29) is 24.9 Å². The minimum atomic E-state index is -0.595. The molecule has 0 unspecified atom stereocenters. The van der Waals surface area contributed by atoms with Gasteiger partial charge in [0.1, 0.15) is 30.1 Å². The number of furan rings is 1. The molecular weight excluding hydrogens is 430 g/mol. The third-order valence-corrected chi connectivity index (χ3v) is 6.78. The zero-order valence-corrected chi connectivity index (χ0v) is 18.9. The number of piperazine rings is 1. The number of aromatic amines is 1. The SMILES string of the molecule is CCOc1ccccc1[C@H]1c2[nH]c3ccccc3c2C[C@H]2C(=O)N(Cc3ccco3)CC(=O)N12. The van der Waals surface area contributed by atoms with Crippen LogP contribution in [0.25, 0.3) is 10.9 Å². The van der Waals surface area contributed by atoms with Crippen molar-refractivity contribution in [2.75, 3.05) is 13.2 Å². The van der Waals surface area contributed by atoms with Crippen LogP contribution in [0.3, 0.4) is 0 Å². The Morgan fingerprint density at radius 1 is 1.06 bits per heavy atom.